The molecule has 25 heavy (non-hydrogen) atoms. The number of hydrogen-bond acceptors (Lipinski definition) is 3. The second kappa shape index (κ2) is 7.70. The van der Waals surface area contributed by atoms with Crippen LogP contribution in [0.3, 0.4) is 0 Å². The van der Waals surface area contributed by atoms with E-state index in [1.807, 2.05) is 38.1 Å². The fraction of sp³-hybridized carbons (Fsp3) is 0.381. The summed E-state index contributed by atoms with van der Waals surface area (Å²) in [7, 11) is 1.69. The molecule has 0 aliphatic carbocycles. The maximum atomic E-state index is 12.3. The molecule has 0 radical (unpaired) electrons. The van der Waals surface area contributed by atoms with E-state index in [1.54, 1.807) is 7.11 Å². The Bertz CT molecular complexity index is 757. The molecule has 0 aromatic heterocycles. The van der Waals surface area contributed by atoms with Gasteiger partial charge < -0.3 is 10.1 Å². The zero-order valence-corrected chi connectivity index (χ0v) is 15.2. The van der Waals surface area contributed by atoms with Gasteiger partial charge in [-0.25, -0.2) is 0 Å². The van der Waals surface area contributed by atoms with Crippen LogP contribution in [-0.4, -0.2) is 31.0 Å². The van der Waals surface area contributed by atoms with Gasteiger partial charge in [0, 0.05) is 31.2 Å². The second-order valence-electron chi connectivity index (χ2n) is 6.73. The van der Waals surface area contributed by atoms with Crippen LogP contribution in [0.2, 0.25) is 0 Å². The number of aryl methyl sites for hydroxylation is 2. The highest BCUT2D eigenvalue weighted by atomic mass is 16.5. The van der Waals surface area contributed by atoms with Crippen molar-refractivity contribution < 1.29 is 9.53 Å². The summed E-state index contributed by atoms with van der Waals surface area (Å²) in [5, 5.41) is 3.04. The van der Waals surface area contributed by atoms with Gasteiger partial charge in [0.2, 0.25) is 5.91 Å². The molecule has 1 amide bonds. The van der Waals surface area contributed by atoms with Crippen LogP contribution in [0.15, 0.2) is 42.5 Å². The van der Waals surface area contributed by atoms with E-state index < -0.39 is 0 Å². The van der Waals surface area contributed by atoms with Crippen molar-refractivity contribution in [2.45, 2.75) is 32.7 Å². The third kappa shape index (κ3) is 4.20. The summed E-state index contributed by atoms with van der Waals surface area (Å²) in [4.78, 5) is 14.7. The van der Waals surface area contributed by atoms with Gasteiger partial charge in [-0.15, -0.1) is 0 Å². The Kier molecular flexibility index (Phi) is 5.39. The second-order valence-corrected chi connectivity index (χ2v) is 6.73. The van der Waals surface area contributed by atoms with Crippen LogP contribution in [0, 0.1) is 13.8 Å². The number of hydrogen-bond donors (Lipinski definition) is 1. The molecule has 0 spiro atoms. The molecule has 1 aliphatic rings. The van der Waals surface area contributed by atoms with Crippen molar-refractivity contribution in [2.75, 3.05) is 25.5 Å². The zero-order valence-electron chi connectivity index (χ0n) is 15.2. The molecule has 2 aromatic rings. The van der Waals surface area contributed by atoms with Gasteiger partial charge in [0.25, 0.3) is 0 Å². The minimum Gasteiger partial charge on any atom is -0.497 e. The molecule has 1 aliphatic heterocycles. The predicted octanol–water partition coefficient (Wildman–Crippen LogP) is 4.09. The molecular formula is C21H26N2O2. The molecular weight excluding hydrogens is 312 g/mol. The minimum atomic E-state index is 0.0741. The normalized spacial score (nSPS) is 17.0. The number of nitrogens with zero attached hydrogens (tertiary/aromatic N) is 1. The van der Waals surface area contributed by atoms with Crippen LogP contribution < -0.4 is 10.1 Å². The fourth-order valence-corrected chi connectivity index (χ4v) is 3.26. The predicted molar refractivity (Wildman–Crippen MR) is 101 cm³/mol. The molecule has 1 heterocycles. The van der Waals surface area contributed by atoms with Crippen molar-refractivity contribution in [1.29, 1.82) is 0 Å². The summed E-state index contributed by atoms with van der Waals surface area (Å²) >= 11 is 0. The fourth-order valence-electron chi connectivity index (χ4n) is 3.26. The lowest BCUT2D eigenvalue weighted by Crippen LogP contribution is -2.42. The van der Waals surface area contributed by atoms with Gasteiger partial charge in [0.15, 0.2) is 0 Å². The van der Waals surface area contributed by atoms with E-state index in [0.717, 1.165) is 42.1 Å². The lowest BCUT2D eigenvalue weighted by Gasteiger charge is -2.41. The van der Waals surface area contributed by atoms with Crippen molar-refractivity contribution >= 4 is 11.6 Å². The highest BCUT2D eigenvalue weighted by Crippen LogP contribution is 2.34. The molecule has 0 saturated carbocycles. The van der Waals surface area contributed by atoms with Crippen molar-refractivity contribution in [2.24, 2.45) is 0 Å². The quantitative estimate of drug-likeness (QED) is 0.862. The number of amides is 1. The van der Waals surface area contributed by atoms with Crippen LogP contribution in [0.25, 0.3) is 0 Å². The number of benzene rings is 2. The van der Waals surface area contributed by atoms with E-state index in [9.17, 15) is 4.79 Å². The molecule has 1 atom stereocenters. The summed E-state index contributed by atoms with van der Waals surface area (Å²) in [6.45, 7) is 5.87. The van der Waals surface area contributed by atoms with Gasteiger partial charge in [0.05, 0.1) is 7.11 Å². The molecule has 4 heteroatoms. The highest BCUT2D eigenvalue weighted by Gasteiger charge is 2.29. The van der Waals surface area contributed by atoms with Gasteiger partial charge in [-0.1, -0.05) is 24.3 Å². The third-order valence-corrected chi connectivity index (χ3v) is 4.90. The first-order valence-corrected chi connectivity index (χ1v) is 8.82. The highest BCUT2D eigenvalue weighted by molar-refractivity contribution is 5.91. The first kappa shape index (κ1) is 17.5. The molecule has 1 fully saturated rings. The largest absolute Gasteiger partial charge is 0.497 e. The van der Waals surface area contributed by atoms with Gasteiger partial charge in [-0.2, -0.15) is 0 Å². The van der Waals surface area contributed by atoms with E-state index in [1.165, 1.54) is 5.56 Å². The van der Waals surface area contributed by atoms with Gasteiger partial charge >= 0.3 is 0 Å². The lowest BCUT2D eigenvalue weighted by atomic mass is 9.94. The number of carbonyl (C=O) groups is 1. The summed E-state index contributed by atoms with van der Waals surface area (Å²) in [5.74, 6) is 0.960. The van der Waals surface area contributed by atoms with Gasteiger partial charge in [-0.05, 0) is 55.2 Å². The summed E-state index contributed by atoms with van der Waals surface area (Å²) in [5.41, 5.74) is 4.43. The van der Waals surface area contributed by atoms with Crippen LogP contribution in [-0.2, 0) is 4.79 Å². The maximum Gasteiger partial charge on any atom is 0.225 e. The zero-order chi connectivity index (χ0) is 17.8. The molecule has 4 nitrogen and oxygen atoms in total. The van der Waals surface area contributed by atoms with Crippen molar-refractivity contribution in [3.05, 3.63) is 59.2 Å². The molecule has 0 unspecified atom stereocenters. The first-order valence-electron chi connectivity index (χ1n) is 8.82. The number of ether oxygens (including phenoxy) is 1. The van der Waals surface area contributed by atoms with Crippen LogP contribution in [0.5, 0.6) is 5.75 Å². The molecule has 1 N–H and O–H groups in total. The Morgan fingerprint density at radius 2 is 2.08 bits per heavy atom. The average molecular weight is 338 g/mol. The number of methoxy groups -OCH3 is 1. The molecule has 3 rings (SSSR count). The van der Waals surface area contributed by atoms with E-state index in [0.29, 0.717) is 12.5 Å². The third-order valence-electron chi connectivity index (χ3n) is 4.90. The van der Waals surface area contributed by atoms with Gasteiger partial charge in [-0.3, -0.25) is 9.69 Å². The number of likely N-dealkylation sites (tertiary alicyclic amines) is 1. The standard InChI is InChI=1S/C21H26N2O2/c1-15-7-8-16(2)19(13-15)22-21(24)10-12-23-11-9-20(23)17-5-4-6-18(14-17)25-3/h4-8,13-14,20H,9-12H2,1-3H3,(H,22,24)/t20-/m0/s1. The SMILES string of the molecule is COc1cccc([C@@H]2CCN2CCC(=O)Nc2cc(C)ccc2C)c1. The maximum absolute atomic E-state index is 12.3. The molecule has 2 aromatic carbocycles. The average Bonchev–Trinajstić information content (AvgIpc) is 2.57. The van der Waals surface area contributed by atoms with E-state index in [-0.39, 0.29) is 5.91 Å². The van der Waals surface area contributed by atoms with Crippen LogP contribution >= 0.6 is 0 Å². The summed E-state index contributed by atoms with van der Waals surface area (Å²) < 4.78 is 5.31. The van der Waals surface area contributed by atoms with Crippen molar-refractivity contribution in [1.82, 2.24) is 4.90 Å². The number of nitrogens with one attached hydrogen (secondary N) is 1. The number of carbonyl (C=O) groups excluding carboxylic acids is 1. The topological polar surface area (TPSA) is 41.6 Å². The van der Waals surface area contributed by atoms with E-state index >= 15 is 0 Å². The Labute approximate surface area is 149 Å². The van der Waals surface area contributed by atoms with Crippen molar-refractivity contribution in [3.8, 4) is 5.75 Å². The van der Waals surface area contributed by atoms with Crippen LogP contribution in [0.1, 0.15) is 35.6 Å². The molecule has 132 valence electrons. The van der Waals surface area contributed by atoms with E-state index in [2.05, 4.69) is 28.4 Å². The van der Waals surface area contributed by atoms with Crippen molar-refractivity contribution in [3.63, 3.8) is 0 Å². The minimum absolute atomic E-state index is 0.0741. The summed E-state index contributed by atoms with van der Waals surface area (Å²) in [6.07, 6.45) is 1.64. The monoisotopic (exact) mass is 338 g/mol. The Hall–Kier alpha value is -2.33. The molecule has 0 bridgehead atoms. The smallest absolute Gasteiger partial charge is 0.225 e. The number of rotatable bonds is 6. The van der Waals surface area contributed by atoms with Gasteiger partial charge in [0.1, 0.15) is 5.75 Å². The van der Waals surface area contributed by atoms with E-state index in [4.69, 9.17) is 4.74 Å². The molecule has 1 saturated heterocycles. The lowest BCUT2D eigenvalue weighted by molar-refractivity contribution is -0.117. The number of anilines is 1. The Morgan fingerprint density at radius 3 is 2.80 bits per heavy atom. The first-order chi connectivity index (χ1) is 12.1. The summed E-state index contributed by atoms with van der Waals surface area (Å²) in [6, 6.07) is 14.7. The van der Waals surface area contributed by atoms with Crippen LogP contribution in [0.4, 0.5) is 5.69 Å². The Balaban J connectivity index is 1.54. The Morgan fingerprint density at radius 1 is 1.24 bits per heavy atom.